The molecule has 1 N–H and O–H groups in total. The molecule has 3 aliphatic heterocycles. The van der Waals surface area contributed by atoms with E-state index in [4.69, 9.17) is 9.47 Å². The molecule has 254 valence electrons. The van der Waals surface area contributed by atoms with Gasteiger partial charge in [-0.15, -0.1) is 0 Å². The first-order valence-corrected chi connectivity index (χ1v) is 18.1. The molecule has 0 spiro atoms. The van der Waals surface area contributed by atoms with Gasteiger partial charge in [-0.2, -0.15) is 0 Å². The molecule has 3 saturated heterocycles. The first-order valence-electron chi connectivity index (χ1n) is 18.1. The number of para-hydroxylation sites is 2. The number of benzene rings is 2. The number of rotatable bonds is 7. The topological polar surface area (TPSA) is 59.5 Å². The smallest absolute Gasteiger partial charge is 0.326 e. The minimum absolute atomic E-state index is 0.0111. The third-order valence-corrected chi connectivity index (χ3v) is 8.60. The Hall–Kier alpha value is -2.41. The van der Waals surface area contributed by atoms with Crippen molar-refractivity contribution in [3.05, 3.63) is 70.1 Å². The summed E-state index contributed by atoms with van der Waals surface area (Å²) in [6, 6.07) is 16.4. The zero-order chi connectivity index (χ0) is 32.7. The van der Waals surface area contributed by atoms with Crippen molar-refractivity contribution in [2.24, 2.45) is 0 Å². The van der Waals surface area contributed by atoms with Crippen molar-refractivity contribution in [3.8, 4) is 0 Å². The lowest BCUT2D eigenvalue weighted by molar-refractivity contribution is 0.108. The van der Waals surface area contributed by atoms with Gasteiger partial charge in [0, 0.05) is 19.8 Å². The Kier molecular flexibility index (Phi) is 20.6. The maximum atomic E-state index is 11.4. The van der Waals surface area contributed by atoms with Crippen LogP contribution in [-0.2, 0) is 22.4 Å². The van der Waals surface area contributed by atoms with Crippen molar-refractivity contribution in [2.75, 3.05) is 32.8 Å². The summed E-state index contributed by atoms with van der Waals surface area (Å²) in [6.45, 7) is 19.8. The number of aromatic nitrogens is 2. The first-order chi connectivity index (χ1) is 21.9. The summed E-state index contributed by atoms with van der Waals surface area (Å²) in [4.78, 5) is 16.8. The maximum absolute atomic E-state index is 11.4. The fraction of sp³-hybridized carbons (Fsp3) is 0.667. The van der Waals surface area contributed by atoms with Crippen LogP contribution in [0.5, 0.6) is 0 Å². The SMILES string of the molecule is CCCN1CCCCC1.CCCn1c(=O)[nH]c2ccccc21.CC[C@@H]1CCCO1.CC[C@H]1CCCO1.CCc1ccc(C)cc1. The van der Waals surface area contributed by atoms with Crippen molar-refractivity contribution in [1.82, 2.24) is 14.5 Å². The Balaban J connectivity index is 0.000000200. The summed E-state index contributed by atoms with van der Waals surface area (Å²) in [5.41, 5.74) is 4.66. The number of imidazole rings is 1. The summed E-state index contributed by atoms with van der Waals surface area (Å²) >= 11 is 0. The van der Waals surface area contributed by atoms with Gasteiger partial charge >= 0.3 is 5.69 Å². The highest BCUT2D eigenvalue weighted by molar-refractivity contribution is 5.74. The highest BCUT2D eigenvalue weighted by atomic mass is 16.5. The quantitative estimate of drug-likeness (QED) is 0.285. The van der Waals surface area contributed by atoms with Gasteiger partial charge < -0.3 is 19.4 Å². The lowest BCUT2D eigenvalue weighted by Gasteiger charge is -2.25. The maximum Gasteiger partial charge on any atom is 0.326 e. The third-order valence-electron chi connectivity index (χ3n) is 8.60. The zero-order valence-corrected chi connectivity index (χ0v) is 29.6. The lowest BCUT2D eigenvalue weighted by Crippen LogP contribution is -2.30. The van der Waals surface area contributed by atoms with Crippen molar-refractivity contribution >= 4 is 11.0 Å². The van der Waals surface area contributed by atoms with Gasteiger partial charge in [-0.05, 0) is 115 Å². The van der Waals surface area contributed by atoms with Crippen LogP contribution in [0, 0.1) is 6.92 Å². The van der Waals surface area contributed by atoms with Gasteiger partial charge in [-0.3, -0.25) is 4.57 Å². The van der Waals surface area contributed by atoms with Crippen molar-refractivity contribution < 1.29 is 9.47 Å². The van der Waals surface area contributed by atoms with Crippen molar-refractivity contribution in [1.29, 1.82) is 0 Å². The second-order valence-corrected chi connectivity index (χ2v) is 12.4. The summed E-state index contributed by atoms with van der Waals surface area (Å²) in [5, 5.41) is 0. The van der Waals surface area contributed by atoms with Crippen LogP contribution < -0.4 is 5.69 Å². The van der Waals surface area contributed by atoms with E-state index in [0.717, 1.165) is 43.6 Å². The number of aromatic amines is 1. The largest absolute Gasteiger partial charge is 0.378 e. The molecule has 0 amide bonds. The number of piperidine rings is 1. The van der Waals surface area contributed by atoms with Gasteiger partial charge in [-0.25, -0.2) is 4.79 Å². The van der Waals surface area contributed by atoms with E-state index >= 15 is 0 Å². The minimum Gasteiger partial charge on any atom is -0.378 e. The lowest BCUT2D eigenvalue weighted by atomic mass is 10.1. The molecule has 3 fully saturated rings. The molecule has 6 rings (SSSR count). The molecule has 6 nitrogen and oxygen atoms in total. The monoisotopic (exact) mass is 624 g/mol. The number of fused-ring (bicyclic) bond motifs is 1. The van der Waals surface area contributed by atoms with E-state index in [2.05, 4.69) is 75.7 Å². The third kappa shape index (κ3) is 15.6. The molecule has 2 atom stereocenters. The number of hydrogen-bond donors (Lipinski definition) is 1. The molecule has 4 heterocycles. The first kappa shape index (κ1) is 38.8. The Morgan fingerprint density at radius 3 is 1.78 bits per heavy atom. The van der Waals surface area contributed by atoms with E-state index in [-0.39, 0.29) is 5.69 Å². The molecule has 0 saturated carbocycles. The van der Waals surface area contributed by atoms with Crippen LogP contribution >= 0.6 is 0 Å². The van der Waals surface area contributed by atoms with Crippen LogP contribution in [0.25, 0.3) is 11.0 Å². The van der Waals surface area contributed by atoms with Gasteiger partial charge in [0.05, 0.1) is 23.2 Å². The van der Waals surface area contributed by atoms with E-state index < -0.39 is 0 Å². The molecular weight excluding hydrogens is 558 g/mol. The number of hydrogen-bond acceptors (Lipinski definition) is 4. The van der Waals surface area contributed by atoms with Crippen molar-refractivity contribution in [2.45, 2.75) is 137 Å². The second-order valence-electron chi connectivity index (χ2n) is 12.4. The summed E-state index contributed by atoms with van der Waals surface area (Å²) in [5.74, 6) is 0. The molecule has 6 heteroatoms. The Morgan fingerprint density at radius 2 is 1.31 bits per heavy atom. The van der Waals surface area contributed by atoms with E-state index in [0.29, 0.717) is 12.2 Å². The molecule has 0 aliphatic carbocycles. The van der Waals surface area contributed by atoms with Crippen LogP contribution in [0.2, 0.25) is 0 Å². The highest BCUT2D eigenvalue weighted by Crippen LogP contribution is 2.14. The molecule has 0 bridgehead atoms. The average Bonchev–Trinajstić information content (AvgIpc) is 3.86. The van der Waals surface area contributed by atoms with E-state index in [1.807, 2.05) is 24.3 Å². The molecule has 3 aliphatic rings. The van der Waals surface area contributed by atoms with E-state index in [1.54, 1.807) is 4.57 Å². The predicted molar refractivity (Wildman–Crippen MR) is 193 cm³/mol. The van der Waals surface area contributed by atoms with Crippen LogP contribution in [0.3, 0.4) is 0 Å². The normalized spacial score (nSPS) is 19.2. The zero-order valence-electron chi connectivity index (χ0n) is 29.6. The van der Waals surface area contributed by atoms with Crippen LogP contribution in [0.4, 0.5) is 0 Å². The van der Waals surface area contributed by atoms with Gasteiger partial charge in [0.2, 0.25) is 0 Å². The number of nitrogens with one attached hydrogen (secondary N) is 1. The van der Waals surface area contributed by atoms with Gasteiger partial charge in [0.15, 0.2) is 0 Å². The molecule has 0 unspecified atom stereocenters. The standard InChI is InChI=1S/C10H12N2O.C9H12.C8H17N.2C6H12O/c1-2-7-12-9-6-4-3-5-8(9)11-10(12)13;1-3-9-6-4-8(2)5-7-9;1-2-6-9-7-4-3-5-8-9;2*1-2-6-4-3-5-7-6/h3-6H,2,7H2,1H3,(H,11,13);4-7H,3H2,1-2H3;2-8H2,1H3;2*6H,2-5H2,1H3/t;;;2*6-/m...10/s1. The number of ether oxygens (including phenoxy) is 2. The fourth-order valence-corrected chi connectivity index (χ4v) is 5.81. The number of H-pyrrole nitrogens is 1. The Morgan fingerprint density at radius 1 is 0.733 bits per heavy atom. The minimum atomic E-state index is -0.0111. The van der Waals surface area contributed by atoms with Gasteiger partial charge in [0.25, 0.3) is 0 Å². The molecular formula is C39H65N3O3. The molecule has 45 heavy (non-hydrogen) atoms. The molecule has 1 aromatic heterocycles. The number of aryl methyl sites for hydroxylation is 3. The van der Waals surface area contributed by atoms with E-state index in [1.165, 1.54) is 95.0 Å². The van der Waals surface area contributed by atoms with Crippen LogP contribution in [-0.4, -0.2) is 59.5 Å². The molecule has 2 aromatic carbocycles. The van der Waals surface area contributed by atoms with Gasteiger partial charge in [0.1, 0.15) is 0 Å². The second kappa shape index (κ2) is 23.9. The highest BCUT2D eigenvalue weighted by Gasteiger charge is 2.12. The van der Waals surface area contributed by atoms with Crippen LogP contribution in [0.15, 0.2) is 53.3 Å². The number of likely N-dealkylation sites (tertiary alicyclic amines) is 1. The van der Waals surface area contributed by atoms with Gasteiger partial charge in [-0.1, -0.05) is 83.0 Å². The Bertz CT molecular complexity index is 1150. The number of nitrogens with zero attached hydrogens (tertiary/aromatic N) is 2. The van der Waals surface area contributed by atoms with Crippen molar-refractivity contribution in [3.63, 3.8) is 0 Å². The summed E-state index contributed by atoms with van der Waals surface area (Å²) in [6.07, 6.45) is 16.5. The summed E-state index contributed by atoms with van der Waals surface area (Å²) < 4.78 is 12.4. The van der Waals surface area contributed by atoms with Crippen LogP contribution in [0.1, 0.15) is 116 Å². The molecule has 3 aromatic rings. The summed E-state index contributed by atoms with van der Waals surface area (Å²) in [7, 11) is 0. The average molecular weight is 624 g/mol. The van der Waals surface area contributed by atoms with E-state index in [9.17, 15) is 4.79 Å². The Labute approximate surface area is 274 Å². The molecule has 0 radical (unpaired) electrons. The predicted octanol–water partition coefficient (Wildman–Crippen LogP) is 9.33. The fourth-order valence-electron chi connectivity index (χ4n) is 5.81.